The highest BCUT2D eigenvalue weighted by Gasteiger charge is 2.24. The van der Waals surface area contributed by atoms with Gasteiger partial charge in [-0.05, 0) is 68.4 Å². The van der Waals surface area contributed by atoms with Gasteiger partial charge in [-0.15, -0.1) is 0 Å². The Morgan fingerprint density at radius 1 is 0.909 bits per heavy atom. The number of ether oxygens (including phenoxy) is 2. The summed E-state index contributed by atoms with van der Waals surface area (Å²) in [5.74, 6) is 1.96. The molecular weight excluding hydrogens is 438 g/mol. The quantitative estimate of drug-likeness (QED) is 0.534. The molecular formula is C25H29N3O4S. The molecule has 2 atom stereocenters. The van der Waals surface area contributed by atoms with Gasteiger partial charge in [-0.3, -0.25) is 4.72 Å². The van der Waals surface area contributed by atoms with Crippen LogP contribution in [0.3, 0.4) is 0 Å². The summed E-state index contributed by atoms with van der Waals surface area (Å²) in [4.78, 5) is 2.38. The van der Waals surface area contributed by atoms with Gasteiger partial charge in [0.15, 0.2) is 0 Å². The van der Waals surface area contributed by atoms with Crippen molar-refractivity contribution in [3.05, 3.63) is 72.8 Å². The maximum Gasteiger partial charge on any atom is 0.261 e. The molecule has 3 aromatic carbocycles. The lowest BCUT2D eigenvalue weighted by molar-refractivity contribution is 0.391. The maximum atomic E-state index is 13.0. The van der Waals surface area contributed by atoms with Crippen molar-refractivity contribution in [3.63, 3.8) is 0 Å². The topological polar surface area (TPSA) is 79.9 Å². The second-order valence-corrected chi connectivity index (χ2v) is 9.93. The summed E-state index contributed by atoms with van der Waals surface area (Å²) in [6, 6.07) is 21.7. The van der Waals surface area contributed by atoms with Crippen LogP contribution in [0, 0.1) is 0 Å². The third-order valence-corrected chi connectivity index (χ3v) is 6.84. The van der Waals surface area contributed by atoms with Crippen LogP contribution in [0.5, 0.6) is 17.2 Å². The number of hydrogen-bond acceptors (Lipinski definition) is 6. The molecule has 0 aromatic heterocycles. The van der Waals surface area contributed by atoms with Gasteiger partial charge in [0.2, 0.25) is 0 Å². The van der Waals surface area contributed by atoms with Crippen LogP contribution in [-0.4, -0.2) is 40.7 Å². The summed E-state index contributed by atoms with van der Waals surface area (Å²) in [5.41, 5.74) is 1.35. The van der Waals surface area contributed by atoms with Crippen LogP contribution in [-0.2, 0) is 10.0 Å². The zero-order valence-electron chi connectivity index (χ0n) is 19.0. The van der Waals surface area contributed by atoms with E-state index in [1.807, 2.05) is 36.4 Å². The molecule has 0 aliphatic carbocycles. The molecule has 2 unspecified atom stereocenters. The average molecular weight is 468 g/mol. The van der Waals surface area contributed by atoms with E-state index in [1.54, 1.807) is 31.4 Å². The van der Waals surface area contributed by atoms with E-state index in [4.69, 9.17) is 9.47 Å². The standard InChI is InChI=1S/C25H29N3O4S/c1-18-16-28(17-19(2)26-18)24-15-20(9-14-25(24)31-3)27-33(29,30)23-12-10-22(11-13-23)32-21-7-5-4-6-8-21/h4-15,18-19,26-27H,16-17H2,1-3H3. The molecule has 7 nitrogen and oxygen atoms in total. The van der Waals surface area contributed by atoms with Crippen LogP contribution in [0.1, 0.15) is 13.8 Å². The van der Waals surface area contributed by atoms with Gasteiger partial charge < -0.3 is 19.7 Å². The maximum absolute atomic E-state index is 13.0. The highest BCUT2D eigenvalue weighted by Crippen LogP contribution is 2.33. The molecule has 2 N–H and O–H groups in total. The first-order valence-corrected chi connectivity index (χ1v) is 12.4. The number of methoxy groups -OCH3 is 1. The molecule has 33 heavy (non-hydrogen) atoms. The lowest BCUT2D eigenvalue weighted by Crippen LogP contribution is -2.54. The van der Waals surface area contributed by atoms with Gasteiger partial charge in [-0.25, -0.2) is 8.42 Å². The fourth-order valence-corrected chi connectivity index (χ4v) is 5.10. The normalized spacial score (nSPS) is 18.6. The SMILES string of the molecule is COc1ccc(NS(=O)(=O)c2ccc(Oc3ccccc3)cc2)cc1N1CC(C)NC(C)C1. The molecule has 8 heteroatoms. The summed E-state index contributed by atoms with van der Waals surface area (Å²) < 4.78 is 40.0. The summed E-state index contributed by atoms with van der Waals surface area (Å²) in [6.07, 6.45) is 0. The van der Waals surface area contributed by atoms with Crippen LogP contribution in [0.25, 0.3) is 0 Å². The van der Waals surface area contributed by atoms with E-state index in [1.165, 1.54) is 12.1 Å². The van der Waals surface area contributed by atoms with Crippen molar-refractivity contribution >= 4 is 21.4 Å². The van der Waals surface area contributed by atoms with Gasteiger partial charge in [0.25, 0.3) is 10.0 Å². The van der Waals surface area contributed by atoms with Gasteiger partial charge in [0, 0.05) is 25.2 Å². The Bertz CT molecular complexity index is 1170. The Morgan fingerprint density at radius 3 is 2.18 bits per heavy atom. The zero-order valence-corrected chi connectivity index (χ0v) is 19.8. The van der Waals surface area contributed by atoms with Gasteiger partial charge >= 0.3 is 0 Å². The van der Waals surface area contributed by atoms with E-state index in [0.717, 1.165) is 18.8 Å². The molecule has 1 fully saturated rings. The minimum Gasteiger partial charge on any atom is -0.495 e. The van der Waals surface area contributed by atoms with Gasteiger partial charge in [-0.2, -0.15) is 0 Å². The van der Waals surface area contributed by atoms with Crippen LogP contribution in [0.15, 0.2) is 77.7 Å². The second kappa shape index (κ2) is 9.72. The number of rotatable bonds is 7. The van der Waals surface area contributed by atoms with Crippen molar-refractivity contribution in [3.8, 4) is 17.2 Å². The van der Waals surface area contributed by atoms with Crippen LogP contribution < -0.4 is 24.4 Å². The summed E-state index contributed by atoms with van der Waals surface area (Å²) >= 11 is 0. The van der Waals surface area contributed by atoms with E-state index >= 15 is 0 Å². The predicted octanol–water partition coefficient (Wildman–Crippen LogP) is 4.47. The third-order valence-electron chi connectivity index (χ3n) is 5.44. The molecule has 1 aliphatic heterocycles. The van der Waals surface area contributed by atoms with E-state index in [9.17, 15) is 8.42 Å². The molecule has 1 aliphatic rings. The molecule has 0 spiro atoms. The zero-order chi connectivity index (χ0) is 23.4. The molecule has 3 aromatic rings. The van der Waals surface area contributed by atoms with Gasteiger partial charge in [-0.1, -0.05) is 18.2 Å². The number of nitrogens with zero attached hydrogens (tertiary/aromatic N) is 1. The summed E-state index contributed by atoms with van der Waals surface area (Å²) in [7, 11) is -2.15. The smallest absolute Gasteiger partial charge is 0.261 e. The van der Waals surface area contributed by atoms with Crippen molar-refractivity contribution in [2.45, 2.75) is 30.8 Å². The lowest BCUT2D eigenvalue weighted by Gasteiger charge is -2.38. The fourth-order valence-electron chi connectivity index (χ4n) is 4.05. The Kier molecular flexibility index (Phi) is 6.76. The second-order valence-electron chi connectivity index (χ2n) is 8.25. The Labute approximate surface area is 195 Å². The number of sulfonamides is 1. The molecule has 0 saturated carbocycles. The highest BCUT2D eigenvalue weighted by atomic mass is 32.2. The van der Waals surface area contributed by atoms with Crippen LogP contribution in [0.2, 0.25) is 0 Å². The van der Waals surface area contributed by atoms with Gasteiger partial charge in [0.05, 0.1) is 23.4 Å². The molecule has 0 amide bonds. The number of piperazine rings is 1. The first-order chi connectivity index (χ1) is 15.8. The molecule has 1 heterocycles. The Balaban J connectivity index is 1.53. The minimum atomic E-state index is -3.77. The first-order valence-electron chi connectivity index (χ1n) is 10.9. The molecule has 4 rings (SSSR count). The van der Waals surface area contributed by atoms with Crippen molar-refractivity contribution in [2.24, 2.45) is 0 Å². The average Bonchev–Trinajstić information content (AvgIpc) is 2.79. The summed E-state index contributed by atoms with van der Waals surface area (Å²) in [6.45, 7) is 5.87. The predicted molar refractivity (Wildman–Crippen MR) is 131 cm³/mol. The summed E-state index contributed by atoms with van der Waals surface area (Å²) in [5, 5.41) is 3.51. The van der Waals surface area contributed by atoms with Crippen molar-refractivity contribution in [2.75, 3.05) is 29.8 Å². The lowest BCUT2D eigenvalue weighted by atomic mass is 10.1. The van der Waals surface area contributed by atoms with Crippen molar-refractivity contribution in [1.29, 1.82) is 0 Å². The van der Waals surface area contributed by atoms with E-state index in [-0.39, 0.29) is 4.90 Å². The molecule has 174 valence electrons. The first kappa shape index (κ1) is 22.9. The minimum absolute atomic E-state index is 0.157. The molecule has 0 bridgehead atoms. The molecule has 0 radical (unpaired) electrons. The number of anilines is 2. The van der Waals surface area contributed by atoms with E-state index < -0.39 is 10.0 Å². The van der Waals surface area contributed by atoms with Crippen molar-refractivity contribution in [1.82, 2.24) is 5.32 Å². The Hall–Kier alpha value is -3.23. The van der Waals surface area contributed by atoms with Crippen LogP contribution in [0.4, 0.5) is 11.4 Å². The van der Waals surface area contributed by atoms with Gasteiger partial charge in [0.1, 0.15) is 17.2 Å². The third kappa shape index (κ3) is 5.58. The number of hydrogen-bond donors (Lipinski definition) is 2. The monoisotopic (exact) mass is 467 g/mol. The number of nitrogens with one attached hydrogen (secondary N) is 2. The highest BCUT2D eigenvalue weighted by molar-refractivity contribution is 7.92. The number of benzene rings is 3. The molecule has 1 saturated heterocycles. The van der Waals surface area contributed by atoms with E-state index in [2.05, 4.69) is 28.8 Å². The van der Waals surface area contributed by atoms with Crippen molar-refractivity contribution < 1.29 is 17.9 Å². The Morgan fingerprint density at radius 2 is 1.55 bits per heavy atom. The fraction of sp³-hybridized carbons (Fsp3) is 0.280. The number of para-hydroxylation sites is 1. The largest absolute Gasteiger partial charge is 0.495 e. The van der Waals surface area contributed by atoms with E-state index in [0.29, 0.717) is 35.0 Å². The van der Waals surface area contributed by atoms with Crippen LogP contribution >= 0.6 is 0 Å².